The van der Waals surface area contributed by atoms with Gasteiger partial charge in [-0.05, 0) is 18.1 Å². The van der Waals surface area contributed by atoms with Gasteiger partial charge < -0.3 is 9.84 Å². The van der Waals surface area contributed by atoms with Crippen LogP contribution in [-0.2, 0) is 11.2 Å². The minimum absolute atomic E-state index is 0.0838. The van der Waals surface area contributed by atoms with Gasteiger partial charge in [-0.2, -0.15) is 0 Å². The Labute approximate surface area is 90.7 Å². The Bertz CT molecular complexity index is 406. The average Bonchev–Trinajstić information content (AvgIpc) is 2.27. The second-order valence-electron chi connectivity index (χ2n) is 3.67. The number of halogens is 2. The Hall–Kier alpha value is -1.65. The molecular weight excluding hydrogens is 218 g/mol. The van der Waals surface area contributed by atoms with Gasteiger partial charge in [-0.3, -0.25) is 4.79 Å². The van der Waals surface area contributed by atoms with Gasteiger partial charge in [0.1, 0.15) is 11.7 Å². The SMILES string of the molecule is O=C(O)C1Cc2ccccc2OC1C(F)F. The molecule has 0 bridgehead atoms. The largest absolute Gasteiger partial charge is 0.483 e. The van der Waals surface area contributed by atoms with E-state index in [4.69, 9.17) is 9.84 Å². The van der Waals surface area contributed by atoms with E-state index in [2.05, 4.69) is 0 Å². The normalized spacial score (nSPS) is 23.7. The first-order valence-electron chi connectivity index (χ1n) is 4.85. The zero-order valence-corrected chi connectivity index (χ0v) is 8.27. The second kappa shape index (κ2) is 4.08. The minimum atomic E-state index is -2.80. The molecule has 5 heteroatoms. The smallest absolute Gasteiger partial charge is 0.310 e. The van der Waals surface area contributed by atoms with Gasteiger partial charge in [0.05, 0.1) is 0 Å². The highest BCUT2D eigenvalue weighted by molar-refractivity contribution is 5.72. The van der Waals surface area contributed by atoms with Gasteiger partial charge in [0, 0.05) is 0 Å². The van der Waals surface area contributed by atoms with Crippen molar-refractivity contribution >= 4 is 5.97 Å². The first kappa shape index (κ1) is 10.9. The molecule has 2 atom stereocenters. The van der Waals surface area contributed by atoms with E-state index >= 15 is 0 Å². The number of alkyl halides is 2. The number of ether oxygens (including phenoxy) is 1. The lowest BCUT2D eigenvalue weighted by Crippen LogP contribution is -2.42. The number of carbonyl (C=O) groups is 1. The molecule has 0 spiro atoms. The van der Waals surface area contributed by atoms with Crippen LogP contribution in [0.5, 0.6) is 5.75 Å². The molecule has 2 unspecified atom stereocenters. The van der Waals surface area contributed by atoms with Gasteiger partial charge >= 0.3 is 5.97 Å². The van der Waals surface area contributed by atoms with Crippen molar-refractivity contribution in [2.45, 2.75) is 19.0 Å². The molecule has 1 aromatic carbocycles. The van der Waals surface area contributed by atoms with Crippen LogP contribution in [0.15, 0.2) is 24.3 Å². The van der Waals surface area contributed by atoms with Gasteiger partial charge in [0.2, 0.25) is 0 Å². The predicted octanol–water partition coefficient (Wildman–Crippen LogP) is 1.96. The molecule has 0 saturated carbocycles. The summed E-state index contributed by atoms with van der Waals surface area (Å²) < 4.78 is 30.3. The van der Waals surface area contributed by atoms with Crippen molar-refractivity contribution in [1.82, 2.24) is 0 Å². The van der Waals surface area contributed by atoms with Crippen LogP contribution < -0.4 is 4.74 Å². The van der Waals surface area contributed by atoms with Crippen molar-refractivity contribution in [2.75, 3.05) is 0 Å². The lowest BCUT2D eigenvalue weighted by atomic mass is 9.91. The van der Waals surface area contributed by atoms with Crippen molar-refractivity contribution in [3.63, 3.8) is 0 Å². The Morgan fingerprint density at radius 3 is 2.75 bits per heavy atom. The fourth-order valence-corrected chi connectivity index (χ4v) is 1.82. The van der Waals surface area contributed by atoms with E-state index in [0.29, 0.717) is 11.3 Å². The molecule has 86 valence electrons. The molecule has 16 heavy (non-hydrogen) atoms. The molecule has 0 fully saturated rings. The monoisotopic (exact) mass is 228 g/mol. The van der Waals surface area contributed by atoms with Crippen LogP contribution in [0, 0.1) is 5.92 Å². The number of benzene rings is 1. The molecule has 1 aliphatic rings. The van der Waals surface area contributed by atoms with E-state index in [1.165, 1.54) is 0 Å². The fraction of sp³-hybridized carbons (Fsp3) is 0.364. The van der Waals surface area contributed by atoms with Gasteiger partial charge in [-0.15, -0.1) is 0 Å². The molecule has 0 amide bonds. The third kappa shape index (κ3) is 1.85. The number of carboxylic acid groups (broad SMARTS) is 1. The zero-order chi connectivity index (χ0) is 11.7. The summed E-state index contributed by atoms with van der Waals surface area (Å²) in [5, 5.41) is 8.87. The topological polar surface area (TPSA) is 46.5 Å². The number of hydrogen-bond donors (Lipinski definition) is 1. The van der Waals surface area contributed by atoms with Crippen molar-refractivity contribution in [3.05, 3.63) is 29.8 Å². The van der Waals surface area contributed by atoms with E-state index < -0.39 is 24.4 Å². The molecule has 1 aromatic rings. The average molecular weight is 228 g/mol. The number of para-hydroxylation sites is 1. The quantitative estimate of drug-likeness (QED) is 0.841. The number of rotatable bonds is 2. The van der Waals surface area contributed by atoms with E-state index in [1.54, 1.807) is 24.3 Å². The Morgan fingerprint density at radius 2 is 2.12 bits per heavy atom. The Kier molecular flexibility index (Phi) is 2.77. The number of aliphatic carboxylic acids is 1. The van der Waals surface area contributed by atoms with Crippen LogP contribution in [0.1, 0.15) is 5.56 Å². The molecule has 0 saturated heterocycles. The third-order valence-electron chi connectivity index (χ3n) is 2.64. The van der Waals surface area contributed by atoms with Crippen LogP contribution >= 0.6 is 0 Å². The molecule has 0 aromatic heterocycles. The van der Waals surface area contributed by atoms with Crippen molar-refractivity contribution in [2.24, 2.45) is 5.92 Å². The predicted molar refractivity (Wildman–Crippen MR) is 51.7 cm³/mol. The van der Waals surface area contributed by atoms with Crippen LogP contribution in [0.2, 0.25) is 0 Å². The Morgan fingerprint density at radius 1 is 1.44 bits per heavy atom. The summed E-state index contributed by atoms with van der Waals surface area (Å²) in [5.74, 6) is -2.08. The van der Waals surface area contributed by atoms with Gasteiger partial charge in [-0.1, -0.05) is 18.2 Å². The summed E-state index contributed by atoms with van der Waals surface area (Å²) in [7, 11) is 0. The summed E-state index contributed by atoms with van der Waals surface area (Å²) in [6.07, 6.45) is -4.28. The molecule has 2 rings (SSSR count). The van der Waals surface area contributed by atoms with E-state index in [9.17, 15) is 13.6 Å². The number of fused-ring (bicyclic) bond motifs is 1. The van der Waals surface area contributed by atoms with Crippen molar-refractivity contribution in [3.8, 4) is 5.75 Å². The Balaban J connectivity index is 2.33. The van der Waals surface area contributed by atoms with Crippen LogP contribution in [0.25, 0.3) is 0 Å². The maximum absolute atomic E-state index is 12.6. The summed E-state index contributed by atoms with van der Waals surface area (Å²) in [5.41, 5.74) is 0.659. The molecule has 1 aliphatic heterocycles. The zero-order valence-electron chi connectivity index (χ0n) is 8.27. The standard InChI is InChI=1S/C11H10F2O3/c12-10(13)9-7(11(14)15)5-6-3-1-2-4-8(6)16-9/h1-4,7,9-10H,5H2,(H,14,15). The molecule has 0 radical (unpaired) electrons. The number of hydrogen-bond acceptors (Lipinski definition) is 2. The van der Waals surface area contributed by atoms with Crippen LogP contribution in [0.4, 0.5) is 8.78 Å². The third-order valence-corrected chi connectivity index (χ3v) is 2.64. The molecule has 3 nitrogen and oxygen atoms in total. The summed E-state index contributed by atoms with van der Waals surface area (Å²) in [4.78, 5) is 10.9. The second-order valence-corrected chi connectivity index (χ2v) is 3.67. The van der Waals surface area contributed by atoms with E-state index in [0.717, 1.165) is 0 Å². The first-order chi connectivity index (χ1) is 7.59. The van der Waals surface area contributed by atoms with Crippen molar-refractivity contribution < 1.29 is 23.4 Å². The van der Waals surface area contributed by atoms with Crippen LogP contribution in [0.3, 0.4) is 0 Å². The summed E-state index contributed by atoms with van der Waals surface area (Å²) in [6, 6.07) is 6.65. The van der Waals surface area contributed by atoms with Crippen molar-refractivity contribution in [1.29, 1.82) is 0 Å². The minimum Gasteiger partial charge on any atom is -0.483 e. The van der Waals surface area contributed by atoms with Crippen LogP contribution in [-0.4, -0.2) is 23.6 Å². The van der Waals surface area contributed by atoms with E-state index in [1.807, 2.05) is 0 Å². The highest BCUT2D eigenvalue weighted by Gasteiger charge is 2.40. The maximum Gasteiger partial charge on any atom is 0.310 e. The van der Waals surface area contributed by atoms with E-state index in [-0.39, 0.29) is 6.42 Å². The maximum atomic E-state index is 12.6. The number of carboxylic acids is 1. The highest BCUT2D eigenvalue weighted by Crippen LogP contribution is 2.33. The first-order valence-corrected chi connectivity index (χ1v) is 4.85. The van der Waals surface area contributed by atoms with Gasteiger partial charge in [-0.25, -0.2) is 8.78 Å². The fourth-order valence-electron chi connectivity index (χ4n) is 1.82. The highest BCUT2D eigenvalue weighted by atomic mass is 19.3. The molecule has 1 N–H and O–H groups in total. The molecule has 0 aliphatic carbocycles. The van der Waals surface area contributed by atoms with Gasteiger partial charge in [0.25, 0.3) is 6.43 Å². The lowest BCUT2D eigenvalue weighted by Gasteiger charge is -2.30. The molecular formula is C11H10F2O3. The molecule has 1 heterocycles. The summed E-state index contributed by atoms with van der Waals surface area (Å²) >= 11 is 0. The lowest BCUT2D eigenvalue weighted by molar-refractivity contribution is -0.150. The summed E-state index contributed by atoms with van der Waals surface area (Å²) in [6.45, 7) is 0. The van der Waals surface area contributed by atoms with Gasteiger partial charge in [0.15, 0.2) is 6.10 Å².